The van der Waals surface area contributed by atoms with Gasteiger partial charge in [0.05, 0.1) is 19.3 Å². The fourth-order valence-electron chi connectivity index (χ4n) is 9.42. The molecule has 0 bridgehead atoms. The second-order valence-electron chi connectivity index (χ2n) is 11.9. The average molecular weight is 421 g/mol. The number of rotatable bonds is 4. The Labute approximate surface area is 183 Å². The number of ether oxygens (including phenoxy) is 1. The van der Waals surface area contributed by atoms with Gasteiger partial charge in [0.15, 0.2) is 0 Å². The molecule has 172 valence electrons. The highest BCUT2D eigenvalue weighted by Crippen LogP contribution is 2.69. The third-order valence-corrected chi connectivity index (χ3v) is 10.9. The first-order chi connectivity index (χ1) is 14.2. The summed E-state index contributed by atoms with van der Waals surface area (Å²) in [5, 5.41) is 22.1. The molecule has 4 heteroatoms. The lowest BCUT2D eigenvalue weighted by Gasteiger charge is -2.64. The number of aliphatic hydroxyl groups excluding tert-OH is 2. The van der Waals surface area contributed by atoms with E-state index in [0.717, 1.165) is 25.7 Å². The summed E-state index contributed by atoms with van der Waals surface area (Å²) in [6.07, 6.45) is 8.73. The van der Waals surface area contributed by atoms with Crippen LogP contribution in [0.25, 0.3) is 0 Å². The van der Waals surface area contributed by atoms with E-state index in [1.807, 2.05) is 0 Å². The normalized spacial score (nSPS) is 51.4. The minimum Gasteiger partial charge on any atom is -0.469 e. The van der Waals surface area contributed by atoms with Crippen molar-refractivity contribution in [3.8, 4) is 0 Å². The molecule has 4 rings (SSSR count). The zero-order valence-electron chi connectivity index (χ0n) is 19.8. The molecule has 11 atom stereocenters. The van der Waals surface area contributed by atoms with E-state index in [-0.39, 0.29) is 29.0 Å². The van der Waals surface area contributed by atoms with Crippen molar-refractivity contribution in [3.63, 3.8) is 0 Å². The summed E-state index contributed by atoms with van der Waals surface area (Å²) in [5.74, 6) is 3.02. The van der Waals surface area contributed by atoms with E-state index in [4.69, 9.17) is 4.74 Å². The SMILES string of the molecule is CC[C@H]1[C@@H](O)[C@@H]2[C@H](CC[C@]3(C)[C@@H]([C@H](C)CC(=O)OC)CC[C@@H]23)[C@@]2(C)CC[C@@H](O)C[C@@H]12. The lowest BCUT2D eigenvalue weighted by molar-refractivity contribution is -0.203. The molecule has 0 saturated heterocycles. The Hall–Kier alpha value is -0.610. The molecule has 0 amide bonds. The van der Waals surface area contributed by atoms with Crippen molar-refractivity contribution in [1.29, 1.82) is 0 Å². The van der Waals surface area contributed by atoms with Crippen molar-refractivity contribution >= 4 is 5.97 Å². The standard InChI is InChI=1S/C26H44O4/c1-6-17-21-14-16(27)9-11-26(21,4)20-10-12-25(3)18(15(2)13-22(28)30-5)7-8-19(25)23(20)24(17)29/h15-21,23-24,27,29H,6-14H2,1-5H3/t15-,16-,17-,18-,19+,20+,21+,23+,24-,25-,26-/m1/s1. The number of hydrogen-bond acceptors (Lipinski definition) is 4. The third-order valence-electron chi connectivity index (χ3n) is 10.9. The van der Waals surface area contributed by atoms with Crippen LogP contribution >= 0.6 is 0 Å². The lowest BCUT2D eigenvalue weighted by Crippen LogP contribution is -2.62. The van der Waals surface area contributed by atoms with Crippen molar-refractivity contribution in [2.45, 2.75) is 97.7 Å². The Balaban J connectivity index is 1.63. The molecular formula is C26H44O4. The highest BCUT2D eigenvalue weighted by atomic mass is 16.5. The van der Waals surface area contributed by atoms with Crippen LogP contribution in [0.5, 0.6) is 0 Å². The Morgan fingerprint density at radius 3 is 2.37 bits per heavy atom. The molecule has 0 unspecified atom stereocenters. The van der Waals surface area contributed by atoms with Crippen LogP contribution in [0, 0.1) is 52.3 Å². The van der Waals surface area contributed by atoms with Gasteiger partial charge in [0.2, 0.25) is 0 Å². The summed E-state index contributed by atoms with van der Waals surface area (Å²) >= 11 is 0. The zero-order valence-corrected chi connectivity index (χ0v) is 19.8. The molecule has 2 N–H and O–H groups in total. The number of methoxy groups -OCH3 is 1. The van der Waals surface area contributed by atoms with E-state index < -0.39 is 0 Å². The Bertz CT molecular complexity index is 649. The number of esters is 1. The number of carbonyl (C=O) groups excluding carboxylic acids is 1. The van der Waals surface area contributed by atoms with Crippen LogP contribution in [0.4, 0.5) is 0 Å². The van der Waals surface area contributed by atoms with E-state index in [1.165, 1.54) is 32.8 Å². The first-order valence-corrected chi connectivity index (χ1v) is 12.6. The Kier molecular flexibility index (Phi) is 6.07. The van der Waals surface area contributed by atoms with Gasteiger partial charge in [0, 0.05) is 6.42 Å². The molecule has 0 aromatic carbocycles. The molecule has 0 aromatic rings. The van der Waals surface area contributed by atoms with Gasteiger partial charge in [-0.2, -0.15) is 0 Å². The van der Waals surface area contributed by atoms with Crippen molar-refractivity contribution in [2.24, 2.45) is 52.3 Å². The predicted octanol–water partition coefficient (Wildman–Crippen LogP) is 4.81. The van der Waals surface area contributed by atoms with Crippen LogP contribution in [0.2, 0.25) is 0 Å². The van der Waals surface area contributed by atoms with Crippen LogP contribution in [0.1, 0.15) is 85.5 Å². The van der Waals surface area contributed by atoms with Crippen molar-refractivity contribution in [1.82, 2.24) is 0 Å². The second-order valence-corrected chi connectivity index (χ2v) is 11.9. The first kappa shape index (κ1) is 22.6. The van der Waals surface area contributed by atoms with Gasteiger partial charge in [-0.05, 0) is 97.2 Å². The van der Waals surface area contributed by atoms with Crippen LogP contribution in [0.15, 0.2) is 0 Å². The maximum absolute atomic E-state index is 11.9. The summed E-state index contributed by atoms with van der Waals surface area (Å²) in [6, 6.07) is 0. The first-order valence-electron chi connectivity index (χ1n) is 12.6. The summed E-state index contributed by atoms with van der Waals surface area (Å²) < 4.78 is 4.96. The number of fused-ring (bicyclic) bond motifs is 5. The minimum absolute atomic E-state index is 0.0944. The number of carbonyl (C=O) groups is 1. The molecule has 4 aliphatic carbocycles. The molecule has 0 spiro atoms. The summed E-state index contributed by atoms with van der Waals surface area (Å²) in [4.78, 5) is 11.9. The monoisotopic (exact) mass is 420 g/mol. The van der Waals surface area contributed by atoms with E-state index in [2.05, 4.69) is 27.7 Å². The number of hydrogen-bond donors (Lipinski definition) is 2. The quantitative estimate of drug-likeness (QED) is 0.640. The third kappa shape index (κ3) is 3.27. The molecule has 0 radical (unpaired) electrons. The molecular weight excluding hydrogens is 376 g/mol. The zero-order chi connectivity index (χ0) is 21.8. The van der Waals surface area contributed by atoms with E-state index in [0.29, 0.717) is 47.8 Å². The fourth-order valence-corrected chi connectivity index (χ4v) is 9.42. The van der Waals surface area contributed by atoms with Gasteiger partial charge in [-0.25, -0.2) is 0 Å². The summed E-state index contributed by atoms with van der Waals surface area (Å²) in [5.41, 5.74) is 0.464. The van der Waals surface area contributed by atoms with Gasteiger partial charge < -0.3 is 14.9 Å². The van der Waals surface area contributed by atoms with Crippen molar-refractivity contribution in [3.05, 3.63) is 0 Å². The number of aliphatic hydroxyl groups is 2. The average Bonchev–Trinajstić information content (AvgIpc) is 3.06. The fraction of sp³-hybridized carbons (Fsp3) is 0.962. The molecule has 0 heterocycles. The summed E-state index contributed by atoms with van der Waals surface area (Å²) in [6.45, 7) is 9.41. The predicted molar refractivity (Wildman–Crippen MR) is 118 cm³/mol. The molecule has 0 aliphatic heterocycles. The topological polar surface area (TPSA) is 66.8 Å². The van der Waals surface area contributed by atoms with Crippen LogP contribution in [-0.2, 0) is 9.53 Å². The Morgan fingerprint density at radius 1 is 1.03 bits per heavy atom. The second kappa shape index (κ2) is 8.06. The molecule has 4 fully saturated rings. The maximum atomic E-state index is 11.9. The van der Waals surface area contributed by atoms with Crippen LogP contribution in [-0.4, -0.2) is 35.5 Å². The van der Waals surface area contributed by atoms with Gasteiger partial charge in [0.25, 0.3) is 0 Å². The largest absolute Gasteiger partial charge is 0.469 e. The van der Waals surface area contributed by atoms with Gasteiger partial charge in [-0.15, -0.1) is 0 Å². The Morgan fingerprint density at radius 2 is 1.70 bits per heavy atom. The molecule has 4 aliphatic rings. The van der Waals surface area contributed by atoms with Crippen LogP contribution in [0.3, 0.4) is 0 Å². The van der Waals surface area contributed by atoms with Crippen molar-refractivity contribution < 1.29 is 19.7 Å². The molecule has 30 heavy (non-hydrogen) atoms. The van der Waals surface area contributed by atoms with Gasteiger partial charge in [-0.1, -0.05) is 34.1 Å². The van der Waals surface area contributed by atoms with Gasteiger partial charge in [-0.3, -0.25) is 4.79 Å². The maximum Gasteiger partial charge on any atom is 0.305 e. The van der Waals surface area contributed by atoms with Gasteiger partial charge >= 0.3 is 5.97 Å². The molecule has 0 aromatic heterocycles. The van der Waals surface area contributed by atoms with E-state index in [9.17, 15) is 15.0 Å². The lowest BCUT2D eigenvalue weighted by atomic mass is 9.41. The summed E-state index contributed by atoms with van der Waals surface area (Å²) in [7, 11) is 1.49. The van der Waals surface area contributed by atoms with E-state index in [1.54, 1.807) is 0 Å². The smallest absolute Gasteiger partial charge is 0.305 e. The van der Waals surface area contributed by atoms with E-state index >= 15 is 0 Å². The molecule has 4 nitrogen and oxygen atoms in total. The van der Waals surface area contributed by atoms with Gasteiger partial charge in [0.1, 0.15) is 0 Å². The minimum atomic E-state index is -0.248. The van der Waals surface area contributed by atoms with Crippen molar-refractivity contribution in [2.75, 3.05) is 7.11 Å². The molecule has 4 saturated carbocycles. The highest BCUT2D eigenvalue weighted by Gasteiger charge is 2.64. The van der Waals surface area contributed by atoms with Crippen LogP contribution < -0.4 is 0 Å². The highest BCUT2D eigenvalue weighted by molar-refractivity contribution is 5.69.